The Balaban J connectivity index is 1.93. The van der Waals surface area contributed by atoms with E-state index in [2.05, 4.69) is 9.64 Å². The van der Waals surface area contributed by atoms with Crippen molar-refractivity contribution < 1.29 is 14.3 Å². The summed E-state index contributed by atoms with van der Waals surface area (Å²) in [6.45, 7) is 6.52. The molecule has 120 valence electrons. The fourth-order valence-corrected chi connectivity index (χ4v) is 3.60. The van der Waals surface area contributed by atoms with E-state index >= 15 is 0 Å². The third kappa shape index (κ3) is 3.96. The zero-order chi connectivity index (χ0) is 15.4. The van der Waals surface area contributed by atoms with Crippen LogP contribution in [0.5, 0.6) is 0 Å². The van der Waals surface area contributed by atoms with Gasteiger partial charge in [-0.1, -0.05) is 6.42 Å². The standard InChI is InChI=1S/C16H28N2O3/c1-12(2)18(9-7-15(19)21-3)16(20)13-10-14-6-4-5-8-17(14)11-13/h12-14H,4-11H2,1-3H3/t13-,14-/m1/s1. The molecular weight excluding hydrogens is 268 g/mol. The monoisotopic (exact) mass is 296 g/mol. The molecule has 2 aliphatic heterocycles. The number of fused-ring (bicyclic) bond motifs is 1. The quantitative estimate of drug-likeness (QED) is 0.724. The highest BCUT2D eigenvalue weighted by atomic mass is 16.5. The number of nitrogens with zero attached hydrogens (tertiary/aromatic N) is 2. The van der Waals surface area contributed by atoms with Crippen molar-refractivity contribution in [3.8, 4) is 0 Å². The van der Waals surface area contributed by atoms with Gasteiger partial charge in [-0.15, -0.1) is 0 Å². The van der Waals surface area contributed by atoms with Crippen LogP contribution in [0.3, 0.4) is 0 Å². The average Bonchev–Trinajstić information content (AvgIpc) is 2.90. The van der Waals surface area contributed by atoms with E-state index in [0.717, 1.165) is 19.5 Å². The van der Waals surface area contributed by atoms with Gasteiger partial charge in [-0.05, 0) is 39.7 Å². The molecule has 0 aliphatic carbocycles. The zero-order valence-corrected chi connectivity index (χ0v) is 13.5. The highest BCUT2D eigenvalue weighted by Crippen LogP contribution is 2.31. The number of methoxy groups -OCH3 is 1. The van der Waals surface area contributed by atoms with Gasteiger partial charge in [0.15, 0.2) is 0 Å². The smallest absolute Gasteiger partial charge is 0.307 e. The highest BCUT2D eigenvalue weighted by Gasteiger charge is 2.39. The molecule has 0 bridgehead atoms. The molecule has 21 heavy (non-hydrogen) atoms. The first kappa shape index (κ1) is 16.3. The molecule has 0 N–H and O–H groups in total. The maximum Gasteiger partial charge on any atom is 0.307 e. The molecule has 5 nitrogen and oxygen atoms in total. The third-order valence-corrected chi connectivity index (χ3v) is 4.80. The lowest BCUT2D eigenvalue weighted by Gasteiger charge is -2.29. The molecule has 0 aromatic heterocycles. The number of carbonyl (C=O) groups is 2. The van der Waals surface area contributed by atoms with E-state index in [-0.39, 0.29) is 30.3 Å². The van der Waals surface area contributed by atoms with Crippen LogP contribution >= 0.6 is 0 Å². The molecule has 2 atom stereocenters. The molecule has 2 rings (SSSR count). The topological polar surface area (TPSA) is 49.9 Å². The molecule has 0 spiro atoms. The van der Waals surface area contributed by atoms with E-state index < -0.39 is 0 Å². The Hall–Kier alpha value is -1.10. The van der Waals surface area contributed by atoms with Crippen LogP contribution in [0.15, 0.2) is 0 Å². The van der Waals surface area contributed by atoms with Crippen LogP contribution in [0.4, 0.5) is 0 Å². The maximum absolute atomic E-state index is 12.8. The number of hydrogen-bond donors (Lipinski definition) is 0. The second-order valence-electron chi connectivity index (χ2n) is 6.53. The summed E-state index contributed by atoms with van der Waals surface area (Å²) < 4.78 is 4.68. The van der Waals surface area contributed by atoms with Gasteiger partial charge in [0.25, 0.3) is 0 Å². The van der Waals surface area contributed by atoms with Crippen LogP contribution in [-0.2, 0) is 14.3 Å². The number of hydrogen-bond acceptors (Lipinski definition) is 4. The van der Waals surface area contributed by atoms with Crippen molar-refractivity contribution in [1.82, 2.24) is 9.80 Å². The van der Waals surface area contributed by atoms with E-state index in [1.165, 1.54) is 26.4 Å². The summed E-state index contributed by atoms with van der Waals surface area (Å²) in [5.41, 5.74) is 0. The van der Waals surface area contributed by atoms with Crippen LogP contribution in [0.1, 0.15) is 46.0 Å². The summed E-state index contributed by atoms with van der Waals surface area (Å²) in [5, 5.41) is 0. The Bertz CT molecular complexity index is 370. The lowest BCUT2D eigenvalue weighted by molar-refractivity contribution is -0.143. The van der Waals surface area contributed by atoms with Gasteiger partial charge in [0.05, 0.1) is 19.4 Å². The van der Waals surface area contributed by atoms with Crippen molar-refractivity contribution in [2.45, 2.75) is 58.0 Å². The van der Waals surface area contributed by atoms with E-state index in [0.29, 0.717) is 12.6 Å². The SMILES string of the molecule is COC(=O)CCN(C(=O)[C@@H]1C[C@H]2CCCCN2C1)C(C)C. The minimum atomic E-state index is -0.253. The van der Waals surface area contributed by atoms with Gasteiger partial charge in [0.1, 0.15) is 0 Å². The predicted octanol–water partition coefficient (Wildman–Crippen LogP) is 1.66. The second kappa shape index (κ2) is 7.25. The largest absolute Gasteiger partial charge is 0.469 e. The Morgan fingerprint density at radius 1 is 1.33 bits per heavy atom. The minimum absolute atomic E-state index is 0.105. The van der Waals surface area contributed by atoms with Crippen molar-refractivity contribution in [3.63, 3.8) is 0 Å². The molecule has 5 heteroatoms. The van der Waals surface area contributed by atoms with E-state index in [1.807, 2.05) is 18.7 Å². The molecule has 2 saturated heterocycles. The third-order valence-electron chi connectivity index (χ3n) is 4.80. The summed E-state index contributed by atoms with van der Waals surface area (Å²) in [7, 11) is 1.39. The molecule has 0 saturated carbocycles. The molecule has 0 aromatic rings. The summed E-state index contributed by atoms with van der Waals surface area (Å²) in [6.07, 6.45) is 5.04. The van der Waals surface area contributed by atoms with Crippen LogP contribution < -0.4 is 0 Å². The molecule has 1 amide bonds. The molecule has 2 fully saturated rings. The van der Waals surface area contributed by atoms with Crippen molar-refractivity contribution in [2.24, 2.45) is 5.92 Å². The number of amides is 1. The first-order valence-corrected chi connectivity index (χ1v) is 8.14. The van der Waals surface area contributed by atoms with E-state index in [4.69, 9.17) is 0 Å². The lowest BCUT2D eigenvalue weighted by Crippen LogP contribution is -2.43. The summed E-state index contributed by atoms with van der Waals surface area (Å²) in [5.74, 6) is 0.0636. The average molecular weight is 296 g/mol. The van der Waals surface area contributed by atoms with Crippen LogP contribution in [-0.4, -0.2) is 60.5 Å². The van der Waals surface area contributed by atoms with Crippen molar-refractivity contribution >= 4 is 11.9 Å². The second-order valence-corrected chi connectivity index (χ2v) is 6.53. The summed E-state index contributed by atoms with van der Waals surface area (Å²) in [6, 6.07) is 0.724. The molecule has 0 unspecified atom stereocenters. The number of rotatable bonds is 5. The van der Waals surface area contributed by atoms with Crippen LogP contribution in [0, 0.1) is 5.92 Å². The van der Waals surface area contributed by atoms with Gasteiger partial charge in [-0.25, -0.2) is 0 Å². The highest BCUT2D eigenvalue weighted by molar-refractivity contribution is 5.80. The van der Waals surface area contributed by atoms with Gasteiger partial charge in [-0.3, -0.25) is 14.5 Å². The fourth-order valence-electron chi connectivity index (χ4n) is 3.60. The minimum Gasteiger partial charge on any atom is -0.469 e. The van der Waals surface area contributed by atoms with Crippen molar-refractivity contribution in [1.29, 1.82) is 0 Å². The molecule has 0 aromatic carbocycles. The number of piperidine rings is 1. The van der Waals surface area contributed by atoms with Gasteiger partial charge < -0.3 is 9.64 Å². The van der Waals surface area contributed by atoms with E-state index in [1.54, 1.807) is 0 Å². The predicted molar refractivity (Wildman–Crippen MR) is 80.8 cm³/mol. The molecule has 0 radical (unpaired) electrons. The first-order chi connectivity index (χ1) is 10.0. The fraction of sp³-hybridized carbons (Fsp3) is 0.875. The van der Waals surface area contributed by atoms with Gasteiger partial charge >= 0.3 is 5.97 Å². The van der Waals surface area contributed by atoms with Crippen LogP contribution in [0.2, 0.25) is 0 Å². The number of esters is 1. The lowest BCUT2D eigenvalue weighted by atomic mass is 9.98. The normalized spacial score (nSPS) is 25.7. The Morgan fingerprint density at radius 2 is 2.10 bits per heavy atom. The molecular formula is C16H28N2O3. The molecule has 2 heterocycles. The summed E-state index contributed by atoms with van der Waals surface area (Å²) in [4.78, 5) is 28.4. The van der Waals surface area contributed by atoms with E-state index in [9.17, 15) is 9.59 Å². The Morgan fingerprint density at radius 3 is 2.71 bits per heavy atom. The number of ether oxygens (including phenoxy) is 1. The van der Waals surface area contributed by atoms with Gasteiger partial charge in [0.2, 0.25) is 5.91 Å². The first-order valence-electron chi connectivity index (χ1n) is 8.14. The Kier molecular flexibility index (Phi) is 5.62. The van der Waals surface area contributed by atoms with Crippen LogP contribution in [0.25, 0.3) is 0 Å². The summed E-state index contributed by atoms with van der Waals surface area (Å²) >= 11 is 0. The van der Waals surface area contributed by atoms with Crippen molar-refractivity contribution in [2.75, 3.05) is 26.7 Å². The van der Waals surface area contributed by atoms with Crippen molar-refractivity contribution in [3.05, 3.63) is 0 Å². The number of carbonyl (C=O) groups excluding carboxylic acids is 2. The Labute approximate surface area is 127 Å². The van der Waals surface area contributed by atoms with Gasteiger partial charge in [-0.2, -0.15) is 0 Å². The maximum atomic E-state index is 12.8. The molecule has 2 aliphatic rings. The van der Waals surface area contributed by atoms with Gasteiger partial charge in [0, 0.05) is 25.2 Å². The zero-order valence-electron chi connectivity index (χ0n) is 13.5.